The van der Waals surface area contributed by atoms with Crippen LogP contribution < -0.4 is 0 Å². The van der Waals surface area contributed by atoms with E-state index in [1.807, 2.05) is 19.3 Å². The van der Waals surface area contributed by atoms with E-state index >= 15 is 0 Å². The zero-order valence-electron chi connectivity index (χ0n) is 24.4. The molecule has 2 heterocycles. The average molecular weight is 534 g/mol. The number of amides is 1. The van der Waals surface area contributed by atoms with Crippen molar-refractivity contribution in [3.63, 3.8) is 0 Å². The quantitative estimate of drug-likeness (QED) is 0.322. The lowest BCUT2D eigenvalue weighted by Gasteiger charge is -2.37. The first-order chi connectivity index (χ1) is 18.6. The van der Waals surface area contributed by atoms with Gasteiger partial charge in [0.1, 0.15) is 0 Å². The summed E-state index contributed by atoms with van der Waals surface area (Å²) in [5.41, 5.74) is 3.52. The number of carbonyl (C=O) groups excluding carboxylic acids is 1. The number of carboxylic acids is 1. The first-order valence-corrected chi connectivity index (χ1v) is 15.0. The highest BCUT2D eigenvalue weighted by Gasteiger charge is 2.35. The monoisotopic (exact) mass is 533 g/mol. The van der Waals surface area contributed by atoms with Crippen LogP contribution in [0.5, 0.6) is 0 Å². The fourth-order valence-electron chi connectivity index (χ4n) is 6.31. The molecular weight excluding hydrogens is 486 g/mol. The van der Waals surface area contributed by atoms with Gasteiger partial charge in [0.05, 0.1) is 5.92 Å². The lowest BCUT2D eigenvalue weighted by Crippen LogP contribution is -2.53. The van der Waals surface area contributed by atoms with Crippen molar-refractivity contribution in [2.24, 2.45) is 29.1 Å². The zero-order chi connectivity index (χ0) is 28.0. The number of carbonyl (C=O) groups is 2. The van der Waals surface area contributed by atoms with Gasteiger partial charge in [-0.05, 0) is 86.2 Å². The molecule has 0 spiro atoms. The van der Waals surface area contributed by atoms with Gasteiger partial charge in [-0.25, -0.2) is 9.97 Å². The van der Waals surface area contributed by atoms with Crippen molar-refractivity contribution in [3.8, 4) is 0 Å². The molecule has 1 N–H and O–H groups in total. The topological polar surface area (TPSA) is 83.4 Å². The molecule has 6 nitrogen and oxygen atoms in total. The van der Waals surface area contributed by atoms with Gasteiger partial charge in [-0.15, -0.1) is 0 Å². The van der Waals surface area contributed by atoms with Crippen molar-refractivity contribution < 1.29 is 14.7 Å². The fraction of sp³-hybridized carbons (Fsp3) is 0.636. The number of rotatable bonds is 10. The van der Waals surface area contributed by atoms with Gasteiger partial charge in [-0.3, -0.25) is 9.59 Å². The molecule has 1 aromatic rings. The summed E-state index contributed by atoms with van der Waals surface area (Å²) in [5, 5.41) is 9.00. The van der Waals surface area contributed by atoms with Crippen LogP contribution in [-0.4, -0.2) is 44.9 Å². The van der Waals surface area contributed by atoms with Crippen molar-refractivity contribution in [2.75, 3.05) is 13.1 Å². The van der Waals surface area contributed by atoms with Gasteiger partial charge in [-0.1, -0.05) is 57.9 Å². The van der Waals surface area contributed by atoms with E-state index in [2.05, 4.69) is 45.1 Å². The van der Waals surface area contributed by atoms with E-state index in [4.69, 9.17) is 15.1 Å². The van der Waals surface area contributed by atoms with Crippen LogP contribution >= 0.6 is 0 Å². The van der Waals surface area contributed by atoms with Crippen LogP contribution in [0.2, 0.25) is 0 Å². The summed E-state index contributed by atoms with van der Waals surface area (Å²) in [6, 6.07) is 0. The summed E-state index contributed by atoms with van der Waals surface area (Å²) >= 11 is 0. The Kier molecular flexibility index (Phi) is 9.79. The molecule has 1 saturated carbocycles. The predicted octanol–water partition coefficient (Wildman–Crippen LogP) is 7.19. The van der Waals surface area contributed by atoms with Crippen LogP contribution in [0.4, 0.5) is 0 Å². The van der Waals surface area contributed by atoms with E-state index in [0.717, 1.165) is 54.0 Å². The van der Waals surface area contributed by atoms with Crippen LogP contribution in [-0.2, 0) is 9.59 Å². The summed E-state index contributed by atoms with van der Waals surface area (Å²) in [6.45, 7) is 9.36. The molecular formula is C33H47N3O3. The van der Waals surface area contributed by atoms with Gasteiger partial charge in [0.25, 0.3) is 0 Å². The molecule has 212 valence electrons. The second-order valence-corrected chi connectivity index (χ2v) is 12.8. The third-order valence-electron chi connectivity index (χ3n) is 9.31. The Morgan fingerprint density at radius 3 is 2.36 bits per heavy atom. The van der Waals surface area contributed by atoms with Crippen molar-refractivity contribution >= 4 is 23.0 Å². The van der Waals surface area contributed by atoms with Crippen LogP contribution in [0.15, 0.2) is 36.7 Å². The summed E-state index contributed by atoms with van der Waals surface area (Å²) < 4.78 is 0. The Bertz CT molecular complexity index is 1090. The maximum atomic E-state index is 12.4. The Labute approximate surface area is 234 Å². The van der Waals surface area contributed by atoms with Gasteiger partial charge >= 0.3 is 5.97 Å². The van der Waals surface area contributed by atoms with E-state index < -0.39 is 11.9 Å². The molecule has 39 heavy (non-hydrogen) atoms. The minimum absolute atomic E-state index is 0.0452. The molecule has 0 radical (unpaired) electrons. The maximum absolute atomic E-state index is 12.4. The minimum Gasteiger partial charge on any atom is -0.481 e. The maximum Gasteiger partial charge on any atom is 0.310 e. The third-order valence-corrected chi connectivity index (χ3v) is 9.31. The van der Waals surface area contributed by atoms with Crippen molar-refractivity contribution in [2.45, 2.75) is 91.9 Å². The molecule has 2 fully saturated rings. The number of allylic oxidation sites excluding steroid dienone is 6. The van der Waals surface area contributed by atoms with E-state index in [-0.39, 0.29) is 11.3 Å². The smallest absolute Gasteiger partial charge is 0.310 e. The van der Waals surface area contributed by atoms with E-state index in [1.54, 1.807) is 4.90 Å². The van der Waals surface area contributed by atoms with Gasteiger partial charge in [-0.2, -0.15) is 0 Å². The number of nitrogens with zero attached hydrogens (tertiary/aromatic N) is 3. The molecule has 1 amide bonds. The third kappa shape index (κ3) is 7.89. The van der Waals surface area contributed by atoms with Gasteiger partial charge in [0.15, 0.2) is 5.82 Å². The van der Waals surface area contributed by atoms with Crippen molar-refractivity contribution in [1.29, 1.82) is 0 Å². The SMILES string of the molecule is C/C=C(\C/C=C\C(C)(C)CCC(=O)N1CC(C(=O)O)C1)c1ncc(C2=CCC(C3CCC(C)CC3)CC2)cn1. The Morgan fingerprint density at radius 1 is 1.08 bits per heavy atom. The molecule has 3 aliphatic rings. The highest BCUT2D eigenvalue weighted by atomic mass is 16.4. The predicted molar refractivity (Wildman–Crippen MR) is 157 cm³/mol. The Hall–Kier alpha value is -2.76. The van der Waals surface area contributed by atoms with Crippen molar-refractivity contribution in [3.05, 3.63) is 48.1 Å². The molecule has 4 rings (SSSR count). The van der Waals surface area contributed by atoms with E-state index in [0.29, 0.717) is 19.5 Å². The van der Waals surface area contributed by atoms with Crippen LogP contribution in [0.3, 0.4) is 0 Å². The highest BCUT2D eigenvalue weighted by Crippen LogP contribution is 2.41. The Balaban J connectivity index is 1.24. The zero-order valence-corrected chi connectivity index (χ0v) is 24.4. The summed E-state index contributed by atoms with van der Waals surface area (Å²) in [5.74, 6) is 2.28. The lowest BCUT2D eigenvalue weighted by atomic mass is 9.71. The molecule has 1 aromatic heterocycles. The lowest BCUT2D eigenvalue weighted by molar-refractivity contribution is -0.152. The van der Waals surface area contributed by atoms with Crippen LogP contribution in [0, 0.1) is 29.1 Å². The number of aliphatic carboxylic acids is 1. The summed E-state index contributed by atoms with van der Waals surface area (Å²) in [4.78, 5) is 34.4. The van der Waals surface area contributed by atoms with Crippen molar-refractivity contribution in [1.82, 2.24) is 14.9 Å². The van der Waals surface area contributed by atoms with Gasteiger partial charge in [0.2, 0.25) is 5.91 Å². The first kappa shape index (κ1) is 29.2. The molecule has 2 aliphatic carbocycles. The van der Waals surface area contributed by atoms with Gasteiger partial charge in [0, 0.05) is 37.5 Å². The van der Waals surface area contributed by atoms with Crippen LogP contribution in [0.1, 0.15) is 103 Å². The molecule has 6 heteroatoms. The molecule has 0 aromatic carbocycles. The number of hydrogen-bond donors (Lipinski definition) is 1. The number of hydrogen-bond acceptors (Lipinski definition) is 4. The molecule has 1 saturated heterocycles. The summed E-state index contributed by atoms with van der Waals surface area (Å²) in [6.07, 6.45) is 24.0. The van der Waals surface area contributed by atoms with Gasteiger partial charge < -0.3 is 10.0 Å². The van der Waals surface area contributed by atoms with Crippen LogP contribution in [0.25, 0.3) is 11.1 Å². The molecule has 1 atom stereocenters. The number of likely N-dealkylation sites (tertiary alicyclic amines) is 1. The van der Waals surface area contributed by atoms with E-state index in [9.17, 15) is 9.59 Å². The largest absolute Gasteiger partial charge is 0.481 e. The molecule has 1 aliphatic heterocycles. The normalized spacial score (nSPS) is 24.9. The highest BCUT2D eigenvalue weighted by molar-refractivity contribution is 5.81. The minimum atomic E-state index is -0.815. The Morgan fingerprint density at radius 2 is 1.77 bits per heavy atom. The number of aromatic nitrogens is 2. The van der Waals surface area contributed by atoms with E-state index in [1.165, 1.54) is 44.1 Å². The second-order valence-electron chi connectivity index (χ2n) is 12.8. The standard InChI is InChI=1S/C33H47N3O3/c1-5-24(7-6-17-33(3,4)18-16-30(37)36-21-29(22-36)32(38)39)31-34-19-28(20-35-31)27-14-12-26(13-15-27)25-10-8-23(2)9-11-25/h5-6,14,17,19-20,23,25-26,29H,7-13,15-16,18,21-22H2,1-4H3,(H,38,39)/b17-6-,24-5+. The molecule has 0 bridgehead atoms. The average Bonchev–Trinajstić information content (AvgIpc) is 2.90. The molecule has 1 unspecified atom stereocenters. The summed E-state index contributed by atoms with van der Waals surface area (Å²) in [7, 11) is 0. The first-order valence-electron chi connectivity index (χ1n) is 15.0. The fourth-order valence-corrected chi connectivity index (χ4v) is 6.31. The number of carboxylic acid groups (broad SMARTS) is 1. The second kappa shape index (κ2) is 13.1.